The van der Waals surface area contributed by atoms with Crippen molar-refractivity contribution < 1.29 is 19.4 Å². The number of nitrogens with one attached hydrogen (secondary N) is 1. The van der Waals surface area contributed by atoms with E-state index in [1.807, 2.05) is 6.92 Å². The van der Waals surface area contributed by atoms with Crippen molar-refractivity contribution in [2.24, 2.45) is 5.73 Å². The molecule has 0 aliphatic rings. The molecular weight excluding hydrogens is 260 g/mol. The van der Waals surface area contributed by atoms with Gasteiger partial charge in [-0.25, -0.2) is 4.79 Å². The highest BCUT2D eigenvalue weighted by atomic mass is 16.5. The standard InChI is InChI=1S/C14H20N2O4/c1-3-4-5-11(15)13(17)16-12-8-9(20-2)6-7-10(12)14(18)19/h6-8,11H,3-5,15H2,1-2H3,(H,16,17)(H,18,19). The van der Waals surface area contributed by atoms with Gasteiger partial charge >= 0.3 is 5.97 Å². The molecule has 1 unspecified atom stereocenters. The quantitative estimate of drug-likeness (QED) is 0.707. The smallest absolute Gasteiger partial charge is 0.337 e. The van der Waals surface area contributed by atoms with Crippen LogP contribution >= 0.6 is 0 Å². The summed E-state index contributed by atoms with van der Waals surface area (Å²) in [5.74, 6) is -1.05. The minimum Gasteiger partial charge on any atom is -0.497 e. The lowest BCUT2D eigenvalue weighted by Crippen LogP contribution is -2.35. The second-order valence-corrected chi connectivity index (χ2v) is 4.45. The Morgan fingerprint density at radius 1 is 1.45 bits per heavy atom. The molecule has 1 atom stereocenters. The van der Waals surface area contributed by atoms with Gasteiger partial charge < -0.3 is 20.9 Å². The maximum absolute atomic E-state index is 11.9. The number of carbonyl (C=O) groups is 2. The first-order chi connectivity index (χ1) is 9.49. The second kappa shape index (κ2) is 7.49. The molecule has 110 valence electrons. The first kappa shape index (κ1) is 16.0. The number of amides is 1. The van der Waals surface area contributed by atoms with Crippen molar-refractivity contribution in [3.8, 4) is 5.75 Å². The van der Waals surface area contributed by atoms with Gasteiger partial charge in [0.2, 0.25) is 5.91 Å². The summed E-state index contributed by atoms with van der Waals surface area (Å²) in [6, 6.07) is 3.72. The molecule has 4 N–H and O–H groups in total. The Hall–Kier alpha value is -2.08. The number of carboxylic acid groups (broad SMARTS) is 1. The van der Waals surface area contributed by atoms with Gasteiger partial charge in [0.1, 0.15) is 5.75 Å². The first-order valence-electron chi connectivity index (χ1n) is 6.47. The third kappa shape index (κ3) is 4.24. The summed E-state index contributed by atoms with van der Waals surface area (Å²) in [5.41, 5.74) is 5.95. The summed E-state index contributed by atoms with van der Waals surface area (Å²) in [7, 11) is 1.47. The lowest BCUT2D eigenvalue weighted by Gasteiger charge is -2.14. The molecule has 0 heterocycles. The van der Waals surface area contributed by atoms with Crippen LogP contribution in [0.15, 0.2) is 18.2 Å². The van der Waals surface area contributed by atoms with E-state index in [2.05, 4.69) is 5.32 Å². The van der Waals surface area contributed by atoms with Gasteiger partial charge in [-0.2, -0.15) is 0 Å². The van der Waals surface area contributed by atoms with Crippen LogP contribution in [-0.2, 0) is 4.79 Å². The van der Waals surface area contributed by atoms with E-state index in [1.165, 1.54) is 25.3 Å². The summed E-state index contributed by atoms with van der Waals surface area (Å²) >= 11 is 0. The fourth-order valence-corrected chi connectivity index (χ4v) is 1.72. The molecule has 6 heteroatoms. The van der Waals surface area contributed by atoms with E-state index in [1.54, 1.807) is 0 Å². The highest BCUT2D eigenvalue weighted by molar-refractivity contribution is 6.02. The Morgan fingerprint density at radius 3 is 2.70 bits per heavy atom. The van der Waals surface area contributed by atoms with Crippen LogP contribution in [0.25, 0.3) is 0 Å². The van der Waals surface area contributed by atoms with Crippen molar-refractivity contribution in [3.05, 3.63) is 23.8 Å². The van der Waals surface area contributed by atoms with E-state index in [4.69, 9.17) is 15.6 Å². The van der Waals surface area contributed by atoms with Gasteiger partial charge in [0.25, 0.3) is 0 Å². The zero-order valence-corrected chi connectivity index (χ0v) is 11.7. The van der Waals surface area contributed by atoms with Crippen molar-refractivity contribution in [2.75, 3.05) is 12.4 Å². The molecule has 0 bridgehead atoms. The zero-order chi connectivity index (χ0) is 15.1. The monoisotopic (exact) mass is 280 g/mol. The third-order valence-corrected chi connectivity index (χ3v) is 2.92. The van der Waals surface area contributed by atoms with Gasteiger partial charge in [-0.05, 0) is 18.6 Å². The highest BCUT2D eigenvalue weighted by Gasteiger charge is 2.17. The molecule has 20 heavy (non-hydrogen) atoms. The van der Waals surface area contributed by atoms with Crippen LogP contribution in [0, 0.1) is 0 Å². The number of rotatable bonds is 7. The Bertz CT molecular complexity index is 488. The fourth-order valence-electron chi connectivity index (χ4n) is 1.72. The normalized spacial score (nSPS) is 11.8. The number of ether oxygens (including phenoxy) is 1. The number of nitrogens with two attached hydrogens (primary N) is 1. The molecule has 0 aliphatic heterocycles. The molecular formula is C14H20N2O4. The minimum atomic E-state index is -1.12. The number of unbranched alkanes of at least 4 members (excludes halogenated alkanes) is 1. The molecule has 0 aliphatic carbocycles. The number of hydrogen-bond donors (Lipinski definition) is 3. The largest absolute Gasteiger partial charge is 0.497 e. The predicted molar refractivity (Wildman–Crippen MR) is 76.1 cm³/mol. The van der Waals surface area contributed by atoms with Gasteiger partial charge in [0.15, 0.2) is 0 Å². The van der Waals surface area contributed by atoms with Gasteiger partial charge in [-0.1, -0.05) is 19.8 Å². The maximum Gasteiger partial charge on any atom is 0.337 e. The Balaban J connectivity index is 2.89. The number of benzene rings is 1. The molecule has 0 aromatic heterocycles. The molecule has 1 amide bonds. The molecule has 1 aromatic rings. The second-order valence-electron chi connectivity index (χ2n) is 4.45. The summed E-state index contributed by atoms with van der Waals surface area (Å²) in [5, 5.41) is 11.6. The number of aromatic carboxylic acids is 1. The highest BCUT2D eigenvalue weighted by Crippen LogP contribution is 2.23. The summed E-state index contributed by atoms with van der Waals surface area (Å²) < 4.78 is 5.02. The minimum absolute atomic E-state index is 0.00171. The van der Waals surface area contributed by atoms with Gasteiger partial charge in [-0.15, -0.1) is 0 Å². The number of methoxy groups -OCH3 is 1. The van der Waals surface area contributed by atoms with Crippen molar-refractivity contribution in [1.82, 2.24) is 0 Å². The first-order valence-corrected chi connectivity index (χ1v) is 6.47. The maximum atomic E-state index is 11.9. The van der Waals surface area contributed by atoms with Crippen LogP contribution in [0.1, 0.15) is 36.5 Å². The average Bonchev–Trinajstić information content (AvgIpc) is 2.44. The van der Waals surface area contributed by atoms with E-state index in [9.17, 15) is 9.59 Å². The number of carbonyl (C=O) groups excluding carboxylic acids is 1. The van der Waals surface area contributed by atoms with Crippen molar-refractivity contribution >= 4 is 17.6 Å². The number of carboxylic acids is 1. The summed E-state index contributed by atoms with van der Waals surface area (Å²) in [4.78, 5) is 23.0. The molecule has 1 aromatic carbocycles. The molecule has 1 rings (SSSR count). The number of anilines is 1. The van der Waals surface area contributed by atoms with Gasteiger partial charge in [0, 0.05) is 6.07 Å². The lowest BCUT2D eigenvalue weighted by atomic mass is 10.1. The Morgan fingerprint density at radius 2 is 2.15 bits per heavy atom. The summed E-state index contributed by atoms with van der Waals surface area (Å²) in [6.45, 7) is 2.01. The van der Waals surface area contributed by atoms with E-state index in [0.29, 0.717) is 12.2 Å². The topological polar surface area (TPSA) is 102 Å². The van der Waals surface area contributed by atoms with Crippen LogP contribution in [-0.4, -0.2) is 30.1 Å². The van der Waals surface area contributed by atoms with E-state index in [-0.39, 0.29) is 11.3 Å². The predicted octanol–water partition coefficient (Wildman–Crippen LogP) is 1.85. The van der Waals surface area contributed by atoms with Crippen molar-refractivity contribution in [2.45, 2.75) is 32.2 Å². The number of hydrogen-bond acceptors (Lipinski definition) is 4. The van der Waals surface area contributed by atoms with E-state index >= 15 is 0 Å². The summed E-state index contributed by atoms with van der Waals surface area (Å²) in [6.07, 6.45) is 2.35. The van der Waals surface area contributed by atoms with Crippen LogP contribution in [0.5, 0.6) is 5.75 Å². The van der Waals surface area contributed by atoms with E-state index in [0.717, 1.165) is 12.8 Å². The lowest BCUT2D eigenvalue weighted by molar-refractivity contribution is -0.117. The van der Waals surface area contributed by atoms with Crippen LogP contribution in [0.2, 0.25) is 0 Å². The van der Waals surface area contributed by atoms with Crippen LogP contribution < -0.4 is 15.8 Å². The molecule has 6 nitrogen and oxygen atoms in total. The molecule has 0 saturated carbocycles. The molecule has 0 saturated heterocycles. The average molecular weight is 280 g/mol. The Kier molecular flexibility index (Phi) is 5.99. The van der Waals surface area contributed by atoms with Crippen molar-refractivity contribution in [1.29, 1.82) is 0 Å². The van der Waals surface area contributed by atoms with Crippen molar-refractivity contribution in [3.63, 3.8) is 0 Å². The molecule has 0 fully saturated rings. The van der Waals surface area contributed by atoms with Gasteiger partial charge in [0.05, 0.1) is 24.4 Å². The van der Waals surface area contributed by atoms with Crippen LogP contribution in [0.4, 0.5) is 5.69 Å². The molecule has 0 spiro atoms. The zero-order valence-electron chi connectivity index (χ0n) is 11.7. The van der Waals surface area contributed by atoms with Crippen LogP contribution in [0.3, 0.4) is 0 Å². The molecule has 0 radical (unpaired) electrons. The Labute approximate surface area is 117 Å². The van der Waals surface area contributed by atoms with Gasteiger partial charge in [-0.3, -0.25) is 4.79 Å². The van der Waals surface area contributed by atoms with E-state index < -0.39 is 17.9 Å². The SMILES string of the molecule is CCCCC(N)C(=O)Nc1cc(OC)ccc1C(=O)O. The third-order valence-electron chi connectivity index (χ3n) is 2.92. The fraction of sp³-hybridized carbons (Fsp3) is 0.429.